The van der Waals surface area contributed by atoms with Gasteiger partial charge in [-0.2, -0.15) is 15.0 Å². The molecule has 0 aliphatic heterocycles. The van der Waals surface area contributed by atoms with Gasteiger partial charge in [0, 0.05) is 18.8 Å². The van der Waals surface area contributed by atoms with Crippen molar-refractivity contribution in [3.8, 4) is 17.9 Å². The second-order valence-corrected chi connectivity index (χ2v) is 8.57. The fourth-order valence-electron chi connectivity index (χ4n) is 2.99. The maximum Gasteiger partial charge on any atom is 0.407 e. The Morgan fingerprint density at radius 1 is 1.17 bits per heavy atom. The third-order valence-electron chi connectivity index (χ3n) is 4.45. The Morgan fingerprint density at radius 2 is 1.94 bits per heavy atom. The van der Waals surface area contributed by atoms with E-state index in [0.29, 0.717) is 24.1 Å². The molecule has 0 atom stereocenters. The van der Waals surface area contributed by atoms with Gasteiger partial charge in [-0.3, -0.25) is 4.57 Å². The Hall–Kier alpha value is -4.36. The maximum absolute atomic E-state index is 11.7. The molecule has 14 heteroatoms. The van der Waals surface area contributed by atoms with Crippen molar-refractivity contribution < 1.29 is 33.6 Å². The first kappa shape index (κ1) is 26.2. The first-order valence-corrected chi connectivity index (χ1v) is 11.0. The number of hydrogen-bond donors (Lipinski definition) is 3. The lowest BCUT2D eigenvalue weighted by Gasteiger charge is -2.19. The first-order valence-electron chi connectivity index (χ1n) is 11.0. The second kappa shape index (κ2) is 11.4. The van der Waals surface area contributed by atoms with Crippen LogP contribution in [0.3, 0.4) is 0 Å². The number of methoxy groups -OCH3 is 1. The van der Waals surface area contributed by atoms with E-state index in [-0.39, 0.29) is 36.9 Å². The van der Waals surface area contributed by atoms with Gasteiger partial charge in [-0.05, 0) is 32.8 Å². The standard InChI is InChI=1S/C22H29N7O7/c1-22(2,3)36-21(32)24-8-5-9-34-19-27-17(23)16-18(28-19)29(20(26-16)33-4)11-13-6-7-14(25-10-13)35-12-15(30)31/h6-7,10H,5,8-9,11-12H2,1-4H3,(H,24,32)(H,30,31)(H2,23,27,28). The van der Waals surface area contributed by atoms with E-state index in [1.807, 2.05) is 0 Å². The van der Waals surface area contributed by atoms with Crippen molar-refractivity contribution in [2.24, 2.45) is 0 Å². The molecule has 0 bridgehead atoms. The van der Waals surface area contributed by atoms with Crippen molar-refractivity contribution in [1.29, 1.82) is 0 Å². The number of nitrogens with one attached hydrogen (secondary N) is 1. The van der Waals surface area contributed by atoms with E-state index in [1.54, 1.807) is 43.7 Å². The lowest BCUT2D eigenvalue weighted by atomic mass is 10.2. The highest BCUT2D eigenvalue weighted by Gasteiger charge is 2.19. The topological polar surface area (TPSA) is 186 Å². The minimum Gasteiger partial charge on any atom is -0.479 e. The fourth-order valence-corrected chi connectivity index (χ4v) is 2.99. The molecule has 0 spiro atoms. The van der Waals surface area contributed by atoms with Gasteiger partial charge in [-0.15, -0.1) is 0 Å². The van der Waals surface area contributed by atoms with Crippen LogP contribution in [0.15, 0.2) is 18.3 Å². The summed E-state index contributed by atoms with van der Waals surface area (Å²) in [5, 5.41) is 11.4. The molecular formula is C22H29N7O7. The number of aliphatic carboxylic acids is 1. The van der Waals surface area contributed by atoms with Crippen LogP contribution < -0.4 is 25.3 Å². The SMILES string of the molecule is COc1nc2c(N)nc(OCCCNC(=O)OC(C)(C)C)nc2n1Cc1ccc(OCC(=O)O)nc1. The molecule has 3 rings (SSSR count). The number of carboxylic acid groups (broad SMARTS) is 1. The third-order valence-corrected chi connectivity index (χ3v) is 4.45. The van der Waals surface area contributed by atoms with Crippen molar-refractivity contribution in [2.45, 2.75) is 39.3 Å². The highest BCUT2D eigenvalue weighted by Crippen LogP contribution is 2.26. The van der Waals surface area contributed by atoms with Gasteiger partial charge < -0.3 is 35.1 Å². The number of carbonyl (C=O) groups excluding carboxylic acids is 1. The van der Waals surface area contributed by atoms with Crippen LogP contribution in [0.5, 0.6) is 17.9 Å². The van der Waals surface area contributed by atoms with Gasteiger partial charge in [0.2, 0.25) is 5.88 Å². The molecular weight excluding hydrogens is 474 g/mol. The number of hydrogen-bond acceptors (Lipinski definition) is 11. The van der Waals surface area contributed by atoms with Crippen molar-refractivity contribution in [2.75, 3.05) is 32.6 Å². The number of fused-ring (bicyclic) bond motifs is 1. The number of nitrogens with two attached hydrogens (primary N) is 1. The lowest BCUT2D eigenvalue weighted by Crippen LogP contribution is -2.33. The molecule has 0 aliphatic carbocycles. The fraction of sp³-hybridized carbons (Fsp3) is 0.455. The molecule has 3 heterocycles. The van der Waals surface area contributed by atoms with E-state index in [0.717, 1.165) is 5.56 Å². The van der Waals surface area contributed by atoms with Gasteiger partial charge >= 0.3 is 18.1 Å². The summed E-state index contributed by atoms with van der Waals surface area (Å²) in [5.41, 5.74) is 7.01. The molecule has 0 aromatic carbocycles. The minimum atomic E-state index is -1.09. The summed E-state index contributed by atoms with van der Waals surface area (Å²) in [5.74, 6) is -0.786. The molecule has 0 fully saturated rings. The zero-order chi connectivity index (χ0) is 26.3. The van der Waals surface area contributed by atoms with Crippen molar-refractivity contribution in [3.63, 3.8) is 0 Å². The highest BCUT2D eigenvalue weighted by atomic mass is 16.6. The number of nitrogens with zero attached hydrogens (tertiary/aromatic N) is 5. The second-order valence-electron chi connectivity index (χ2n) is 8.57. The molecule has 0 aliphatic rings. The molecule has 0 saturated carbocycles. The number of pyridine rings is 1. The van der Waals surface area contributed by atoms with Crippen LogP contribution in [0.2, 0.25) is 0 Å². The number of imidazole rings is 1. The molecule has 4 N–H and O–H groups in total. The first-order chi connectivity index (χ1) is 17.1. The smallest absolute Gasteiger partial charge is 0.407 e. The van der Waals surface area contributed by atoms with Crippen molar-refractivity contribution in [1.82, 2.24) is 29.8 Å². The molecule has 14 nitrogen and oxygen atoms in total. The van der Waals surface area contributed by atoms with Gasteiger partial charge in [-0.25, -0.2) is 14.6 Å². The summed E-state index contributed by atoms with van der Waals surface area (Å²) in [6.45, 7) is 5.73. The van der Waals surface area contributed by atoms with Crippen LogP contribution in [-0.4, -0.2) is 74.1 Å². The molecule has 1 amide bonds. The highest BCUT2D eigenvalue weighted by molar-refractivity contribution is 5.83. The van der Waals surface area contributed by atoms with E-state index < -0.39 is 24.3 Å². The van der Waals surface area contributed by atoms with Crippen LogP contribution in [0.25, 0.3) is 11.2 Å². The number of alkyl carbamates (subject to hydrolysis) is 1. The number of carboxylic acids is 1. The number of aromatic nitrogens is 5. The molecule has 36 heavy (non-hydrogen) atoms. The zero-order valence-corrected chi connectivity index (χ0v) is 20.5. The molecule has 0 saturated heterocycles. The average molecular weight is 504 g/mol. The number of anilines is 1. The monoisotopic (exact) mass is 503 g/mol. The normalized spacial score (nSPS) is 11.2. The van der Waals surface area contributed by atoms with Gasteiger partial charge in [0.05, 0.1) is 20.3 Å². The quantitative estimate of drug-likeness (QED) is 0.321. The molecule has 3 aromatic heterocycles. The summed E-state index contributed by atoms with van der Waals surface area (Å²) in [6, 6.07) is 3.61. The summed E-state index contributed by atoms with van der Waals surface area (Å²) >= 11 is 0. The minimum absolute atomic E-state index is 0.0524. The Morgan fingerprint density at radius 3 is 2.58 bits per heavy atom. The van der Waals surface area contributed by atoms with E-state index >= 15 is 0 Å². The third kappa shape index (κ3) is 7.32. The predicted octanol–water partition coefficient (Wildman–Crippen LogP) is 1.62. The number of amides is 1. The van der Waals surface area contributed by atoms with Gasteiger partial charge in [-0.1, -0.05) is 6.07 Å². The van der Waals surface area contributed by atoms with Gasteiger partial charge in [0.15, 0.2) is 23.6 Å². The van der Waals surface area contributed by atoms with E-state index in [1.165, 1.54) is 7.11 Å². The summed E-state index contributed by atoms with van der Waals surface area (Å²) in [6.07, 6.45) is 1.53. The molecule has 0 radical (unpaired) electrons. The van der Waals surface area contributed by atoms with Crippen LogP contribution in [-0.2, 0) is 16.1 Å². The van der Waals surface area contributed by atoms with Crippen LogP contribution >= 0.6 is 0 Å². The Kier molecular flexibility index (Phi) is 8.30. The number of nitrogen functional groups attached to an aromatic ring is 1. The van der Waals surface area contributed by atoms with Crippen LogP contribution in [0, 0.1) is 0 Å². The van der Waals surface area contributed by atoms with E-state index in [9.17, 15) is 9.59 Å². The van der Waals surface area contributed by atoms with E-state index in [2.05, 4.69) is 25.3 Å². The van der Waals surface area contributed by atoms with Gasteiger partial charge in [0.1, 0.15) is 5.60 Å². The Labute approximate surface area is 206 Å². The van der Waals surface area contributed by atoms with E-state index in [4.69, 9.17) is 29.8 Å². The number of rotatable bonds is 11. The average Bonchev–Trinajstić information content (AvgIpc) is 3.15. The largest absolute Gasteiger partial charge is 0.479 e. The summed E-state index contributed by atoms with van der Waals surface area (Å²) in [4.78, 5) is 39.4. The number of carbonyl (C=O) groups is 2. The molecule has 3 aromatic rings. The zero-order valence-electron chi connectivity index (χ0n) is 20.5. The summed E-state index contributed by atoms with van der Waals surface area (Å²) in [7, 11) is 1.47. The van der Waals surface area contributed by atoms with Gasteiger partial charge in [0.25, 0.3) is 6.01 Å². The Balaban J connectivity index is 1.67. The van der Waals surface area contributed by atoms with Crippen LogP contribution in [0.4, 0.5) is 10.6 Å². The number of ether oxygens (including phenoxy) is 4. The lowest BCUT2D eigenvalue weighted by molar-refractivity contribution is -0.139. The Bertz CT molecular complexity index is 1210. The van der Waals surface area contributed by atoms with Crippen molar-refractivity contribution >= 4 is 29.0 Å². The molecule has 194 valence electrons. The van der Waals surface area contributed by atoms with Crippen molar-refractivity contribution in [3.05, 3.63) is 23.9 Å². The summed E-state index contributed by atoms with van der Waals surface area (Å²) < 4.78 is 22.9. The predicted molar refractivity (Wildman–Crippen MR) is 127 cm³/mol. The van der Waals surface area contributed by atoms with Crippen LogP contribution in [0.1, 0.15) is 32.8 Å². The molecule has 0 unspecified atom stereocenters. The maximum atomic E-state index is 11.7.